The van der Waals surface area contributed by atoms with Gasteiger partial charge in [-0.2, -0.15) is 0 Å². The zero-order chi connectivity index (χ0) is 24.1. The van der Waals surface area contributed by atoms with E-state index in [0.29, 0.717) is 22.7 Å². The molecule has 0 spiro atoms. The summed E-state index contributed by atoms with van der Waals surface area (Å²) in [4.78, 5) is 32.2. The number of hydrogen-bond donors (Lipinski definition) is 1. The van der Waals surface area contributed by atoms with E-state index in [1.54, 1.807) is 24.3 Å². The molecule has 33 heavy (non-hydrogen) atoms. The summed E-state index contributed by atoms with van der Waals surface area (Å²) in [7, 11) is 1.83. The van der Waals surface area contributed by atoms with E-state index < -0.39 is 11.8 Å². The number of hydrogen-bond acceptors (Lipinski definition) is 4. The highest BCUT2D eigenvalue weighted by molar-refractivity contribution is 6.43. The molecule has 1 amide bonds. The van der Waals surface area contributed by atoms with Crippen molar-refractivity contribution in [2.24, 2.45) is 4.99 Å². The molecule has 2 aliphatic rings. The fourth-order valence-corrected chi connectivity index (χ4v) is 3.97. The highest BCUT2D eigenvalue weighted by Gasteiger charge is 2.27. The fraction of sp³-hybridized carbons (Fsp3) is 0.346. The summed E-state index contributed by atoms with van der Waals surface area (Å²) in [5.41, 5.74) is 2.33. The Morgan fingerprint density at radius 1 is 1.27 bits per heavy atom. The van der Waals surface area contributed by atoms with Crippen molar-refractivity contribution in [3.63, 3.8) is 0 Å². The molecule has 0 aliphatic carbocycles. The topological polar surface area (TPSA) is 73.2 Å². The average Bonchev–Trinajstić information content (AvgIpc) is 2.98. The van der Waals surface area contributed by atoms with Crippen molar-refractivity contribution in [3.8, 4) is 0 Å². The van der Waals surface area contributed by atoms with Crippen LogP contribution in [0, 0.1) is 5.82 Å². The lowest BCUT2D eigenvalue weighted by molar-refractivity contribution is -0.131. The number of aliphatic imine (C=N–C) groups is 1. The van der Waals surface area contributed by atoms with Crippen LogP contribution in [0.4, 0.5) is 4.39 Å². The molecule has 0 bridgehead atoms. The van der Waals surface area contributed by atoms with Gasteiger partial charge >= 0.3 is 5.97 Å². The summed E-state index contributed by atoms with van der Waals surface area (Å²) in [6.07, 6.45) is 9.93. The maximum Gasteiger partial charge on any atom is 0.328 e. The van der Waals surface area contributed by atoms with E-state index in [1.807, 2.05) is 23.8 Å². The molecular formula is C26H30FN3O3. The predicted molar refractivity (Wildman–Crippen MR) is 129 cm³/mol. The minimum absolute atomic E-state index is 0.0888. The molecule has 3 rings (SSSR count). The number of carbonyl (C=O) groups is 2. The average molecular weight is 452 g/mol. The Hall–Kier alpha value is -3.48. The molecule has 1 unspecified atom stereocenters. The van der Waals surface area contributed by atoms with Gasteiger partial charge in [-0.25, -0.2) is 14.2 Å². The van der Waals surface area contributed by atoms with Crippen LogP contribution < -0.4 is 0 Å². The van der Waals surface area contributed by atoms with Gasteiger partial charge in [0.1, 0.15) is 17.3 Å². The van der Waals surface area contributed by atoms with Gasteiger partial charge < -0.3 is 14.9 Å². The van der Waals surface area contributed by atoms with Crippen LogP contribution in [0.5, 0.6) is 0 Å². The minimum atomic E-state index is -1.10. The number of carboxylic acids is 1. The van der Waals surface area contributed by atoms with E-state index in [9.17, 15) is 14.0 Å². The monoisotopic (exact) mass is 451 g/mol. The first kappa shape index (κ1) is 24.2. The van der Waals surface area contributed by atoms with E-state index in [2.05, 4.69) is 18.5 Å². The Balaban J connectivity index is 1.87. The number of allylic oxidation sites excluding steroid dienone is 3. The van der Waals surface area contributed by atoms with Gasteiger partial charge in [-0.3, -0.25) is 4.79 Å². The van der Waals surface area contributed by atoms with Crippen molar-refractivity contribution in [2.45, 2.75) is 45.6 Å². The summed E-state index contributed by atoms with van der Waals surface area (Å²) >= 11 is 0. The normalized spacial score (nSPS) is 20.5. The van der Waals surface area contributed by atoms with E-state index in [4.69, 9.17) is 5.11 Å². The molecule has 1 aromatic carbocycles. The third kappa shape index (κ3) is 5.86. The number of carbonyl (C=O) groups excluding carboxylic acids is 1. The maximum atomic E-state index is 14.7. The Morgan fingerprint density at radius 2 is 2.03 bits per heavy atom. The smallest absolute Gasteiger partial charge is 0.328 e. The number of halogens is 1. The number of likely N-dealkylation sites (tertiary alicyclic amines) is 1. The van der Waals surface area contributed by atoms with Crippen molar-refractivity contribution < 1.29 is 19.1 Å². The van der Waals surface area contributed by atoms with Crippen LogP contribution in [-0.4, -0.2) is 52.1 Å². The van der Waals surface area contributed by atoms with E-state index >= 15 is 0 Å². The van der Waals surface area contributed by atoms with Crippen LogP contribution in [0.2, 0.25) is 0 Å². The van der Waals surface area contributed by atoms with Gasteiger partial charge in [0, 0.05) is 37.0 Å². The van der Waals surface area contributed by atoms with Gasteiger partial charge in [0.05, 0.1) is 0 Å². The Morgan fingerprint density at radius 3 is 2.73 bits per heavy atom. The summed E-state index contributed by atoms with van der Waals surface area (Å²) in [6, 6.07) is 4.60. The Kier molecular flexibility index (Phi) is 7.63. The lowest BCUT2D eigenvalue weighted by Crippen LogP contribution is -2.43. The number of benzene rings is 1. The van der Waals surface area contributed by atoms with E-state index in [1.165, 1.54) is 12.1 Å². The first-order valence-electron chi connectivity index (χ1n) is 11.1. The Labute approximate surface area is 194 Å². The maximum absolute atomic E-state index is 14.7. The first-order valence-corrected chi connectivity index (χ1v) is 11.1. The van der Waals surface area contributed by atoms with E-state index in [-0.39, 0.29) is 17.5 Å². The fourth-order valence-electron chi connectivity index (χ4n) is 3.97. The summed E-state index contributed by atoms with van der Waals surface area (Å²) in [5.74, 6) is -1.21. The highest BCUT2D eigenvalue weighted by atomic mass is 19.1. The third-order valence-electron chi connectivity index (χ3n) is 6.05. The van der Waals surface area contributed by atoms with Crippen molar-refractivity contribution in [1.82, 2.24) is 9.80 Å². The Bertz CT molecular complexity index is 1080. The molecule has 1 saturated heterocycles. The van der Waals surface area contributed by atoms with Crippen LogP contribution in [0.3, 0.4) is 0 Å². The molecular weight excluding hydrogens is 421 g/mol. The van der Waals surface area contributed by atoms with Crippen LogP contribution in [-0.2, 0) is 9.59 Å². The molecule has 0 saturated carbocycles. The van der Waals surface area contributed by atoms with Gasteiger partial charge in [0.15, 0.2) is 0 Å². The molecule has 0 aromatic heterocycles. The van der Waals surface area contributed by atoms with Gasteiger partial charge in [0.25, 0.3) is 5.91 Å². The number of amides is 1. The van der Waals surface area contributed by atoms with E-state index in [0.717, 1.165) is 44.0 Å². The standard InChI is InChI=1S/C26H30FN3O3/c1-17(21-11-9-20(16-22(21)27)10-12-25(31)32)14-24-28-23(15-19(3)29(24)4)26(33)30-13-7-5-6-8-18(30)2/h9-12,14-16,18H,1,5-8,13H2,2-4H3,(H,31,32)/b12-10+,24-14-. The van der Waals surface area contributed by atoms with Crippen molar-refractivity contribution >= 4 is 29.2 Å². The quantitative estimate of drug-likeness (QED) is 0.649. The number of carboxylic acid groups (broad SMARTS) is 1. The molecule has 7 heteroatoms. The number of nitrogens with zero attached hydrogens (tertiary/aromatic N) is 3. The second-order valence-corrected chi connectivity index (χ2v) is 8.48. The summed E-state index contributed by atoms with van der Waals surface area (Å²) < 4.78 is 14.7. The second kappa shape index (κ2) is 10.4. The van der Waals surface area contributed by atoms with Gasteiger partial charge in [-0.05, 0) is 62.1 Å². The molecule has 2 heterocycles. The van der Waals surface area contributed by atoms with Crippen molar-refractivity contribution in [3.05, 3.63) is 71.5 Å². The van der Waals surface area contributed by atoms with Crippen molar-refractivity contribution in [2.75, 3.05) is 13.6 Å². The summed E-state index contributed by atoms with van der Waals surface area (Å²) in [5, 5.41) is 8.74. The molecule has 2 aliphatic heterocycles. The highest BCUT2D eigenvalue weighted by Crippen LogP contribution is 2.26. The molecule has 1 N–H and O–H groups in total. The SMILES string of the molecule is C=C(/C=C1/N=C(C(=O)N2CCCCCC2C)C=C(C)N1C)c1ccc(/C=C/C(=O)O)cc1F. The molecule has 174 valence electrons. The molecule has 1 atom stereocenters. The molecule has 1 fully saturated rings. The lowest BCUT2D eigenvalue weighted by Gasteiger charge is -2.30. The van der Waals surface area contributed by atoms with Gasteiger partial charge in [-0.1, -0.05) is 31.6 Å². The zero-order valence-electron chi connectivity index (χ0n) is 19.3. The first-order chi connectivity index (χ1) is 15.7. The molecule has 1 aromatic rings. The van der Waals surface area contributed by atoms with Gasteiger partial charge in [0.2, 0.25) is 0 Å². The van der Waals surface area contributed by atoms with Crippen LogP contribution in [0.15, 0.2) is 59.5 Å². The molecule has 6 nitrogen and oxygen atoms in total. The number of rotatable bonds is 5. The largest absolute Gasteiger partial charge is 0.478 e. The van der Waals surface area contributed by atoms with Gasteiger partial charge in [-0.15, -0.1) is 0 Å². The predicted octanol–water partition coefficient (Wildman–Crippen LogP) is 4.86. The van der Waals surface area contributed by atoms with Crippen LogP contribution >= 0.6 is 0 Å². The number of aliphatic carboxylic acids is 1. The minimum Gasteiger partial charge on any atom is -0.478 e. The second-order valence-electron chi connectivity index (χ2n) is 8.48. The van der Waals surface area contributed by atoms with Crippen LogP contribution in [0.1, 0.15) is 50.7 Å². The third-order valence-corrected chi connectivity index (χ3v) is 6.05. The molecule has 0 radical (unpaired) electrons. The summed E-state index contributed by atoms with van der Waals surface area (Å²) in [6.45, 7) is 8.68. The van der Waals surface area contributed by atoms with Crippen LogP contribution in [0.25, 0.3) is 11.6 Å². The lowest BCUT2D eigenvalue weighted by atomic mass is 10.0. The van der Waals surface area contributed by atoms with Crippen molar-refractivity contribution in [1.29, 1.82) is 0 Å². The zero-order valence-corrected chi connectivity index (χ0v) is 19.3.